The number of hydrogen-bond acceptors (Lipinski definition) is 3. The van der Waals surface area contributed by atoms with Gasteiger partial charge >= 0.3 is 0 Å². The molecule has 2 heterocycles. The SMILES string of the molecule is Cc1nc(Cl)ccc1NCc1ccc2ccccc2n1. The molecule has 0 radical (unpaired) electrons. The van der Waals surface area contributed by atoms with Crippen molar-refractivity contribution >= 4 is 28.2 Å². The van der Waals surface area contributed by atoms with Gasteiger partial charge in [0.25, 0.3) is 0 Å². The number of para-hydroxylation sites is 1. The molecule has 0 aliphatic heterocycles. The summed E-state index contributed by atoms with van der Waals surface area (Å²) in [6.07, 6.45) is 0. The number of anilines is 1. The fraction of sp³-hybridized carbons (Fsp3) is 0.125. The summed E-state index contributed by atoms with van der Waals surface area (Å²) in [6, 6.07) is 15.9. The Morgan fingerprint density at radius 1 is 1.00 bits per heavy atom. The third kappa shape index (κ3) is 2.73. The highest BCUT2D eigenvalue weighted by Crippen LogP contribution is 2.17. The zero-order chi connectivity index (χ0) is 13.9. The molecule has 100 valence electrons. The molecule has 1 aromatic carbocycles. The molecule has 0 saturated heterocycles. The fourth-order valence-electron chi connectivity index (χ4n) is 2.11. The van der Waals surface area contributed by atoms with Gasteiger partial charge in [-0.05, 0) is 31.2 Å². The van der Waals surface area contributed by atoms with E-state index in [9.17, 15) is 0 Å². The molecule has 0 aliphatic carbocycles. The predicted octanol–water partition coefficient (Wildman–Crippen LogP) is 4.20. The van der Waals surface area contributed by atoms with Gasteiger partial charge < -0.3 is 5.32 Å². The minimum atomic E-state index is 0.511. The van der Waals surface area contributed by atoms with Gasteiger partial charge in [-0.3, -0.25) is 4.98 Å². The second-order valence-corrected chi connectivity index (χ2v) is 5.00. The first-order valence-electron chi connectivity index (χ1n) is 6.44. The molecule has 0 saturated carbocycles. The summed E-state index contributed by atoms with van der Waals surface area (Å²) in [5.41, 5.74) is 3.87. The normalized spacial score (nSPS) is 10.7. The smallest absolute Gasteiger partial charge is 0.129 e. The lowest BCUT2D eigenvalue weighted by molar-refractivity contribution is 1.05. The minimum absolute atomic E-state index is 0.511. The number of benzene rings is 1. The van der Waals surface area contributed by atoms with E-state index in [-0.39, 0.29) is 0 Å². The van der Waals surface area contributed by atoms with E-state index in [1.54, 1.807) is 6.07 Å². The van der Waals surface area contributed by atoms with Gasteiger partial charge in [0.2, 0.25) is 0 Å². The summed E-state index contributed by atoms with van der Waals surface area (Å²) in [4.78, 5) is 8.85. The molecule has 0 aliphatic rings. The first kappa shape index (κ1) is 12.9. The third-order valence-corrected chi connectivity index (χ3v) is 3.38. The first-order valence-corrected chi connectivity index (χ1v) is 6.82. The Morgan fingerprint density at radius 3 is 2.70 bits per heavy atom. The Balaban J connectivity index is 1.79. The standard InChI is InChI=1S/C16H14ClN3/c1-11-14(8-9-16(17)19-11)18-10-13-7-6-12-4-2-3-5-15(12)20-13/h2-9,18H,10H2,1H3. The van der Waals surface area contributed by atoms with Gasteiger partial charge in [-0.25, -0.2) is 4.98 Å². The number of fused-ring (bicyclic) bond motifs is 1. The molecule has 20 heavy (non-hydrogen) atoms. The van der Waals surface area contributed by atoms with Gasteiger partial charge in [0.15, 0.2) is 0 Å². The number of pyridine rings is 2. The van der Waals surface area contributed by atoms with Crippen LogP contribution in [-0.4, -0.2) is 9.97 Å². The Morgan fingerprint density at radius 2 is 1.85 bits per heavy atom. The van der Waals surface area contributed by atoms with Gasteiger partial charge in [0, 0.05) is 5.39 Å². The summed E-state index contributed by atoms with van der Waals surface area (Å²) in [5.74, 6) is 0. The van der Waals surface area contributed by atoms with E-state index in [2.05, 4.69) is 27.4 Å². The number of nitrogens with zero attached hydrogens (tertiary/aromatic N) is 2. The van der Waals surface area contributed by atoms with E-state index < -0.39 is 0 Å². The topological polar surface area (TPSA) is 37.8 Å². The van der Waals surface area contributed by atoms with E-state index in [1.807, 2.05) is 37.3 Å². The Labute approximate surface area is 122 Å². The number of halogens is 1. The van der Waals surface area contributed by atoms with Gasteiger partial charge in [0.05, 0.1) is 29.1 Å². The Hall–Kier alpha value is -2.13. The summed E-state index contributed by atoms with van der Waals surface area (Å²) < 4.78 is 0. The summed E-state index contributed by atoms with van der Waals surface area (Å²) in [6.45, 7) is 2.59. The van der Waals surface area contributed by atoms with E-state index in [0.717, 1.165) is 28.0 Å². The minimum Gasteiger partial charge on any atom is -0.378 e. The molecule has 1 N–H and O–H groups in total. The number of aryl methyl sites for hydroxylation is 1. The molecule has 4 heteroatoms. The monoisotopic (exact) mass is 283 g/mol. The number of nitrogens with one attached hydrogen (secondary N) is 1. The lowest BCUT2D eigenvalue weighted by Gasteiger charge is -2.09. The lowest BCUT2D eigenvalue weighted by Crippen LogP contribution is -2.03. The maximum Gasteiger partial charge on any atom is 0.129 e. The molecule has 3 nitrogen and oxygen atoms in total. The molecule has 3 rings (SSSR count). The quantitative estimate of drug-likeness (QED) is 0.732. The van der Waals surface area contributed by atoms with Crippen molar-refractivity contribution in [1.29, 1.82) is 0 Å². The van der Waals surface area contributed by atoms with Gasteiger partial charge in [-0.2, -0.15) is 0 Å². The van der Waals surface area contributed by atoms with Crippen molar-refractivity contribution in [3.05, 3.63) is 65.1 Å². The summed E-state index contributed by atoms with van der Waals surface area (Å²) >= 11 is 5.85. The Bertz CT molecular complexity index is 756. The highest BCUT2D eigenvalue weighted by Gasteiger charge is 2.02. The van der Waals surface area contributed by atoms with Crippen LogP contribution in [0.3, 0.4) is 0 Å². The summed E-state index contributed by atoms with van der Waals surface area (Å²) in [5, 5.41) is 5.00. The van der Waals surface area contributed by atoms with Gasteiger partial charge in [-0.15, -0.1) is 0 Å². The van der Waals surface area contributed by atoms with E-state index in [1.165, 1.54) is 0 Å². The zero-order valence-electron chi connectivity index (χ0n) is 11.1. The van der Waals surface area contributed by atoms with Crippen LogP contribution in [0.5, 0.6) is 0 Å². The third-order valence-electron chi connectivity index (χ3n) is 3.17. The second kappa shape index (κ2) is 5.47. The van der Waals surface area contributed by atoms with Crippen LogP contribution in [0.4, 0.5) is 5.69 Å². The maximum absolute atomic E-state index is 5.85. The van der Waals surface area contributed by atoms with E-state index in [4.69, 9.17) is 11.6 Å². The van der Waals surface area contributed by atoms with Crippen LogP contribution in [-0.2, 0) is 6.54 Å². The van der Waals surface area contributed by atoms with Crippen LogP contribution in [0, 0.1) is 6.92 Å². The van der Waals surface area contributed by atoms with Gasteiger partial charge in [-0.1, -0.05) is 35.9 Å². The number of rotatable bonds is 3. The highest BCUT2D eigenvalue weighted by molar-refractivity contribution is 6.29. The molecule has 0 unspecified atom stereocenters. The average Bonchev–Trinajstić information content (AvgIpc) is 2.46. The van der Waals surface area contributed by atoms with Crippen LogP contribution < -0.4 is 5.32 Å². The van der Waals surface area contributed by atoms with Crippen LogP contribution in [0.1, 0.15) is 11.4 Å². The highest BCUT2D eigenvalue weighted by atomic mass is 35.5. The van der Waals surface area contributed by atoms with Crippen molar-refractivity contribution < 1.29 is 0 Å². The van der Waals surface area contributed by atoms with Crippen LogP contribution >= 0.6 is 11.6 Å². The van der Waals surface area contributed by atoms with Crippen molar-refractivity contribution in [1.82, 2.24) is 9.97 Å². The molecule has 2 aromatic heterocycles. The Kier molecular flexibility index (Phi) is 3.52. The molecule has 0 bridgehead atoms. The predicted molar refractivity (Wildman–Crippen MR) is 83.1 cm³/mol. The molecule has 3 aromatic rings. The van der Waals surface area contributed by atoms with E-state index in [0.29, 0.717) is 11.7 Å². The van der Waals surface area contributed by atoms with Crippen LogP contribution in [0.15, 0.2) is 48.5 Å². The van der Waals surface area contributed by atoms with Gasteiger partial charge in [0.1, 0.15) is 5.15 Å². The molecule has 0 spiro atoms. The largest absolute Gasteiger partial charge is 0.378 e. The molecular weight excluding hydrogens is 270 g/mol. The number of hydrogen-bond donors (Lipinski definition) is 1. The summed E-state index contributed by atoms with van der Waals surface area (Å²) in [7, 11) is 0. The van der Waals surface area contributed by atoms with Crippen LogP contribution in [0.25, 0.3) is 10.9 Å². The number of aromatic nitrogens is 2. The van der Waals surface area contributed by atoms with Crippen LogP contribution in [0.2, 0.25) is 5.15 Å². The fourth-order valence-corrected chi connectivity index (χ4v) is 2.30. The molecule has 0 atom stereocenters. The molecule has 0 amide bonds. The van der Waals surface area contributed by atoms with Crippen molar-refractivity contribution in [2.45, 2.75) is 13.5 Å². The molecule has 0 fully saturated rings. The second-order valence-electron chi connectivity index (χ2n) is 4.62. The van der Waals surface area contributed by atoms with Crippen molar-refractivity contribution in [3.8, 4) is 0 Å². The first-order chi connectivity index (χ1) is 9.72. The lowest BCUT2D eigenvalue weighted by atomic mass is 10.2. The maximum atomic E-state index is 5.85. The van der Waals surface area contributed by atoms with Crippen molar-refractivity contribution in [3.63, 3.8) is 0 Å². The van der Waals surface area contributed by atoms with E-state index >= 15 is 0 Å². The zero-order valence-corrected chi connectivity index (χ0v) is 11.9. The average molecular weight is 284 g/mol. The van der Waals surface area contributed by atoms with Crippen molar-refractivity contribution in [2.75, 3.05) is 5.32 Å². The van der Waals surface area contributed by atoms with Crippen molar-refractivity contribution in [2.24, 2.45) is 0 Å². The molecular formula is C16H14ClN3.